The van der Waals surface area contributed by atoms with Crippen molar-refractivity contribution in [3.05, 3.63) is 0 Å². The van der Waals surface area contributed by atoms with Gasteiger partial charge in [-0.3, -0.25) is 0 Å². The van der Waals surface area contributed by atoms with E-state index in [1.54, 1.807) is 0 Å². The quantitative estimate of drug-likeness (QED) is 0.665. The number of nitrogens with one attached hydrogen (secondary N) is 1. The summed E-state index contributed by atoms with van der Waals surface area (Å²) in [4.78, 5) is 2.44. The molecule has 0 bridgehead atoms. The maximum absolute atomic E-state index is 9.17. The van der Waals surface area contributed by atoms with Gasteiger partial charge in [-0.05, 0) is 45.3 Å². The summed E-state index contributed by atoms with van der Waals surface area (Å²) >= 11 is 0. The molecule has 1 aliphatic carbocycles. The zero-order valence-electron chi connectivity index (χ0n) is 10.4. The monoisotopic (exact) mass is 214 g/mol. The van der Waals surface area contributed by atoms with E-state index in [-0.39, 0.29) is 6.10 Å². The van der Waals surface area contributed by atoms with Crippen molar-refractivity contribution in [1.29, 1.82) is 0 Å². The highest BCUT2D eigenvalue weighted by Crippen LogP contribution is 2.26. The van der Waals surface area contributed by atoms with Crippen LogP contribution in [0.25, 0.3) is 0 Å². The fraction of sp³-hybridized carbons (Fsp3) is 1.00. The van der Waals surface area contributed by atoms with Crippen LogP contribution in [0.15, 0.2) is 0 Å². The second-order valence-corrected chi connectivity index (χ2v) is 4.79. The molecule has 0 amide bonds. The molecule has 1 fully saturated rings. The van der Waals surface area contributed by atoms with Crippen molar-refractivity contribution >= 4 is 0 Å². The Bertz CT molecular complexity index is 165. The van der Waals surface area contributed by atoms with E-state index < -0.39 is 0 Å². The third-order valence-electron chi connectivity index (χ3n) is 3.39. The molecule has 15 heavy (non-hydrogen) atoms. The van der Waals surface area contributed by atoms with E-state index in [9.17, 15) is 0 Å². The smallest absolute Gasteiger partial charge is 0.0546 e. The predicted octanol–water partition coefficient (Wildman–Crippen LogP) is 1.08. The Kier molecular flexibility index (Phi) is 5.58. The van der Waals surface area contributed by atoms with Gasteiger partial charge in [-0.1, -0.05) is 13.8 Å². The molecule has 0 radical (unpaired) electrons. The van der Waals surface area contributed by atoms with Gasteiger partial charge in [0, 0.05) is 12.6 Å². The molecular weight excluding hydrogens is 188 g/mol. The SMILES string of the molecule is CCN(CC)CC(C)NCC1CC(O)C1. The molecule has 0 spiro atoms. The number of likely N-dealkylation sites (N-methyl/N-ethyl adjacent to an activating group) is 1. The van der Waals surface area contributed by atoms with Crippen LogP contribution in [0.2, 0.25) is 0 Å². The minimum Gasteiger partial charge on any atom is -0.393 e. The van der Waals surface area contributed by atoms with Crippen LogP contribution in [0.5, 0.6) is 0 Å². The van der Waals surface area contributed by atoms with Gasteiger partial charge in [-0.25, -0.2) is 0 Å². The van der Waals surface area contributed by atoms with Crippen LogP contribution >= 0.6 is 0 Å². The Labute approximate surface area is 93.9 Å². The number of aliphatic hydroxyl groups excluding tert-OH is 1. The fourth-order valence-corrected chi connectivity index (χ4v) is 2.17. The first kappa shape index (κ1) is 12.9. The summed E-state index contributed by atoms with van der Waals surface area (Å²) in [6.45, 7) is 11.1. The summed E-state index contributed by atoms with van der Waals surface area (Å²) in [6.07, 6.45) is 1.96. The largest absolute Gasteiger partial charge is 0.393 e. The van der Waals surface area contributed by atoms with Crippen molar-refractivity contribution in [2.24, 2.45) is 5.92 Å². The van der Waals surface area contributed by atoms with Crippen LogP contribution in [0.3, 0.4) is 0 Å². The first-order valence-corrected chi connectivity index (χ1v) is 6.29. The van der Waals surface area contributed by atoms with Gasteiger partial charge in [0.1, 0.15) is 0 Å². The molecule has 1 unspecified atom stereocenters. The summed E-state index contributed by atoms with van der Waals surface area (Å²) in [7, 11) is 0. The van der Waals surface area contributed by atoms with Gasteiger partial charge in [0.2, 0.25) is 0 Å². The van der Waals surface area contributed by atoms with Crippen molar-refractivity contribution in [3.8, 4) is 0 Å². The van der Waals surface area contributed by atoms with Crippen LogP contribution in [0.4, 0.5) is 0 Å². The lowest BCUT2D eigenvalue weighted by molar-refractivity contribution is 0.0415. The molecule has 1 atom stereocenters. The third-order valence-corrected chi connectivity index (χ3v) is 3.39. The maximum atomic E-state index is 9.17. The molecule has 0 heterocycles. The average molecular weight is 214 g/mol. The second kappa shape index (κ2) is 6.46. The molecule has 3 nitrogen and oxygen atoms in total. The van der Waals surface area contributed by atoms with Gasteiger partial charge in [0.15, 0.2) is 0 Å². The zero-order chi connectivity index (χ0) is 11.3. The first-order valence-electron chi connectivity index (χ1n) is 6.29. The Morgan fingerprint density at radius 3 is 2.40 bits per heavy atom. The molecule has 1 saturated carbocycles. The Balaban J connectivity index is 2.05. The van der Waals surface area contributed by atoms with Crippen LogP contribution < -0.4 is 5.32 Å². The Morgan fingerprint density at radius 1 is 1.33 bits per heavy atom. The number of nitrogens with zero attached hydrogens (tertiary/aromatic N) is 1. The molecule has 0 aromatic carbocycles. The van der Waals surface area contributed by atoms with Gasteiger partial charge in [0.25, 0.3) is 0 Å². The molecule has 0 saturated heterocycles. The summed E-state index contributed by atoms with van der Waals surface area (Å²) in [5, 5.41) is 12.7. The van der Waals surface area contributed by atoms with Crippen molar-refractivity contribution in [2.75, 3.05) is 26.2 Å². The highest BCUT2D eigenvalue weighted by Gasteiger charge is 2.26. The van der Waals surface area contributed by atoms with Crippen LogP contribution in [0, 0.1) is 5.92 Å². The van der Waals surface area contributed by atoms with E-state index >= 15 is 0 Å². The zero-order valence-corrected chi connectivity index (χ0v) is 10.4. The Hall–Kier alpha value is -0.120. The lowest BCUT2D eigenvalue weighted by Crippen LogP contribution is -2.44. The molecule has 2 N–H and O–H groups in total. The Morgan fingerprint density at radius 2 is 1.93 bits per heavy atom. The van der Waals surface area contributed by atoms with Crippen molar-refractivity contribution in [2.45, 2.75) is 45.8 Å². The summed E-state index contributed by atoms with van der Waals surface area (Å²) < 4.78 is 0. The summed E-state index contributed by atoms with van der Waals surface area (Å²) in [5.74, 6) is 0.708. The van der Waals surface area contributed by atoms with E-state index in [0.717, 1.165) is 39.0 Å². The topological polar surface area (TPSA) is 35.5 Å². The third kappa shape index (κ3) is 4.49. The van der Waals surface area contributed by atoms with Gasteiger partial charge in [0.05, 0.1) is 6.10 Å². The lowest BCUT2D eigenvalue weighted by atomic mass is 9.82. The van der Waals surface area contributed by atoms with Crippen molar-refractivity contribution < 1.29 is 5.11 Å². The van der Waals surface area contributed by atoms with Gasteiger partial charge in [-0.2, -0.15) is 0 Å². The number of hydrogen-bond donors (Lipinski definition) is 2. The minimum absolute atomic E-state index is 0.0186. The molecule has 3 heteroatoms. The minimum atomic E-state index is -0.0186. The van der Waals surface area contributed by atoms with E-state index in [4.69, 9.17) is 5.11 Å². The van der Waals surface area contributed by atoms with Crippen LogP contribution in [-0.2, 0) is 0 Å². The van der Waals surface area contributed by atoms with Crippen LogP contribution in [0.1, 0.15) is 33.6 Å². The molecule has 0 aliphatic heterocycles. The standard InChI is InChI=1S/C12H26N2O/c1-4-14(5-2)9-10(3)13-8-11-6-12(15)7-11/h10-13,15H,4-9H2,1-3H3. The molecule has 90 valence electrons. The number of hydrogen-bond acceptors (Lipinski definition) is 3. The van der Waals surface area contributed by atoms with E-state index in [1.165, 1.54) is 0 Å². The van der Waals surface area contributed by atoms with Gasteiger partial charge in [-0.15, -0.1) is 0 Å². The normalized spacial score (nSPS) is 27.8. The first-order chi connectivity index (χ1) is 7.15. The summed E-state index contributed by atoms with van der Waals surface area (Å²) in [6, 6.07) is 0.558. The van der Waals surface area contributed by atoms with E-state index in [0.29, 0.717) is 12.0 Å². The van der Waals surface area contributed by atoms with Crippen LogP contribution in [-0.4, -0.2) is 48.3 Å². The highest BCUT2D eigenvalue weighted by atomic mass is 16.3. The maximum Gasteiger partial charge on any atom is 0.0546 e. The van der Waals surface area contributed by atoms with Crippen molar-refractivity contribution in [3.63, 3.8) is 0 Å². The van der Waals surface area contributed by atoms with Gasteiger partial charge >= 0.3 is 0 Å². The fourth-order valence-electron chi connectivity index (χ4n) is 2.17. The second-order valence-electron chi connectivity index (χ2n) is 4.79. The number of aliphatic hydroxyl groups is 1. The summed E-state index contributed by atoms with van der Waals surface area (Å²) in [5.41, 5.74) is 0. The van der Waals surface area contributed by atoms with Gasteiger partial charge < -0.3 is 15.3 Å². The molecule has 0 aromatic heterocycles. The predicted molar refractivity (Wildman–Crippen MR) is 64.0 cm³/mol. The lowest BCUT2D eigenvalue weighted by Gasteiger charge is -2.33. The van der Waals surface area contributed by atoms with Crippen molar-refractivity contribution in [1.82, 2.24) is 10.2 Å². The molecule has 0 aromatic rings. The molecule has 1 rings (SSSR count). The molecular formula is C12H26N2O. The van der Waals surface area contributed by atoms with E-state index in [2.05, 4.69) is 31.0 Å². The average Bonchev–Trinajstić information content (AvgIpc) is 2.19. The van der Waals surface area contributed by atoms with E-state index in [1.807, 2.05) is 0 Å². The highest BCUT2D eigenvalue weighted by molar-refractivity contribution is 4.81. The molecule has 1 aliphatic rings. The number of rotatable bonds is 7.